The van der Waals surface area contributed by atoms with Crippen molar-refractivity contribution in [3.8, 4) is 10.6 Å². The van der Waals surface area contributed by atoms with Crippen molar-refractivity contribution in [3.63, 3.8) is 0 Å². The Kier molecular flexibility index (Phi) is 7.48. The van der Waals surface area contributed by atoms with Crippen molar-refractivity contribution < 1.29 is 9.59 Å². The fourth-order valence-corrected chi connectivity index (χ4v) is 5.19. The average Bonchev–Trinajstić information content (AvgIpc) is 3.13. The number of thiazole rings is 1. The summed E-state index contributed by atoms with van der Waals surface area (Å²) in [5.74, 6) is -0.293. The predicted octanol–water partition coefficient (Wildman–Crippen LogP) is 2.99. The molecule has 1 saturated heterocycles. The summed E-state index contributed by atoms with van der Waals surface area (Å²) in [7, 11) is 1.62. The number of carbonyl (C=O) groups is 2. The van der Waals surface area contributed by atoms with E-state index >= 15 is 0 Å². The van der Waals surface area contributed by atoms with E-state index in [1.165, 1.54) is 16.0 Å². The number of carbonyl (C=O) groups excluding carboxylic acids is 2. The van der Waals surface area contributed by atoms with Crippen LogP contribution in [-0.2, 0) is 11.8 Å². The average molecular weight is 460 g/mol. The number of amides is 2. The SMILES string of the molecule is CCCCNC(=O)C1CCC(C)N(C(=O)c2sc(-c3c(C)c(C)nn(C)c3=O)nc2C)C1. The van der Waals surface area contributed by atoms with Crippen LogP contribution in [0.25, 0.3) is 10.6 Å². The van der Waals surface area contributed by atoms with E-state index in [9.17, 15) is 14.4 Å². The second-order valence-corrected chi connectivity index (χ2v) is 9.67. The molecular formula is C23H33N5O3S. The summed E-state index contributed by atoms with van der Waals surface area (Å²) in [6.07, 6.45) is 3.54. The van der Waals surface area contributed by atoms with Gasteiger partial charge in [0.05, 0.1) is 22.9 Å². The molecule has 2 unspecified atom stereocenters. The zero-order chi connectivity index (χ0) is 23.6. The zero-order valence-corrected chi connectivity index (χ0v) is 20.6. The quantitative estimate of drug-likeness (QED) is 0.670. The Hall–Kier alpha value is -2.55. The molecule has 1 aliphatic rings. The number of rotatable bonds is 6. The van der Waals surface area contributed by atoms with Gasteiger partial charge >= 0.3 is 0 Å². The third-order valence-corrected chi connectivity index (χ3v) is 7.44. The molecular weight excluding hydrogens is 426 g/mol. The van der Waals surface area contributed by atoms with Crippen LogP contribution in [0.2, 0.25) is 0 Å². The molecule has 174 valence electrons. The maximum atomic E-state index is 13.5. The molecule has 32 heavy (non-hydrogen) atoms. The summed E-state index contributed by atoms with van der Waals surface area (Å²) in [5, 5.41) is 7.76. The number of unbranched alkanes of at least 4 members (excludes halogenated alkanes) is 1. The molecule has 1 N–H and O–H groups in total. The lowest BCUT2D eigenvalue weighted by Crippen LogP contribution is -2.49. The van der Waals surface area contributed by atoms with E-state index < -0.39 is 0 Å². The Morgan fingerprint density at radius 2 is 1.91 bits per heavy atom. The van der Waals surface area contributed by atoms with Gasteiger partial charge in [-0.1, -0.05) is 13.3 Å². The highest BCUT2D eigenvalue weighted by atomic mass is 32.1. The van der Waals surface area contributed by atoms with E-state index in [1.54, 1.807) is 18.9 Å². The van der Waals surface area contributed by atoms with Crippen molar-refractivity contribution in [3.05, 3.63) is 32.2 Å². The Morgan fingerprint density at radius 3 is 2.59 bits per heavy atom. The molecule has 0 saturated carbocycles. The lowest BCUT2D eigenvalue weighted by molar-refractivity contribution is -0.126. The first-order valence-electron chi connectivity index (χ1n) is 11.3. The van der Waals surface area contributed by atoms with Gasteiger partial charge in [0, 0.05) is 26.2 Å². The normalized spacial score (nSPS) is 18.6. The van der Waals surface area contributed by atoms with E-state index in [0.717, 1.165) is 36.9 Å². The molecule has 3 heterocycles. The molecule has 0 radical (unpaired) electrons. The number of likely N-dealkylation sites (tertiary alicyclic amines) is 1. The molecule has 3 rings (SSSR count). The van der Waals surface area contributed by atoms with Gasteiger partial charge in [-0.15, -0.1) is 11.3 Å². The van der Waals surface area contributed by atoms with Gasteiger partial charge in [0.15, 0.2) is 0 Å². The van der Waals surface area contributed by atoms with Crippen LogP contribution in [0.1, 0.15) is 66.2 Å². The molecule has 0 aromatic carbocycles. The van der Waals surface area contributed by atoms with Crippen molar-refractivity contribution in [1.29, 1.82) is 0 Å². The van der Waals surface area contributed by atoms with Crippen molar-refractivity contribution in [2.45, 2.75) is 66.3 Å². The van der Waals surface area contributed by atoms with Crippen LogP contribution in [0.15, 0.2) is 4.79 Å². The maximum Gasteiger partial charge on any atom is 0.277 e. The second kappa shape index (κ2) is 9.94. The van der Waals surface area contributed by atoms with Crippen molar-refractivity contribution >= 4 is 23.2 Å². The van der Waals surface area contributed by atoms with Crippen LogP contribution < -0.4 is 10.9 Å². The van der Waals surface area contributed by atoms with E-state index in [2.05, 4.69) is 22.3 Å². The predicted molar refractivity (Wildman–Crippen MR) is 126 cm³/mol. The highest BCUT2D eigenvalue weighted by Gasteiger charge is 2.34. The summed E-state index contributed by atoms with van der Waals surface area (Å²) >= 11 is 1.24. The van der Waals surface area contributed by atoms with Crippen LogP contribution >= 0.6 is 11.3 Å². The number of aryl methyl sites for hydroxylation is 3. The molecule has 2 aromatic heterocycles. The number of nitrogens with one attached hydrogen (secondary N) is 1. The molecule has 8 nitrogen and oxygen atoms in total. The van der Waals surface area contributed by atoms with Crippen molar-refractivity contribution in [1.82, 2.24) is 25.0 Å². The van der Waals surface area contributed by atoms with Gasteiger partial charge in [0.25, 0.3) is 11.5 Å². The van der Waals surface area contributed by atoms with Gasteiger partial charge in [-0.3, -0.25) is 14.4 Å². The standard InChI is InChI=1S/C23H33N5O3S/c1-7-8-11-24-20(29)17-10-9-13(2)28(12-17)23(31)19-16(5)25-21(32-19)18-14(3)15(4)26-27(6)22(18)30/h13,17H,7-12H2,1-6H3,(H,24,29). The summed E-state index contributed by atoms with van der Waals surface area (Å²) in [6, 6.07) is 0.0462. The Balaban J connectivity index is 1.86. The third-order valence-electron chi connectivity index (χ3n) is 6.27. The van der Waals surface area contributed by atoms with E-state index in [1.807, 2.05) is 20.8 Å². The number of piperidine rings is 1. The molecule has 1 fully saturated rings. The molecule has 0 spiro atoms. The molecule has 2 aromatic rings. The van der Waals surface area contributed by atoms with Crippen LogP contribution in [0.3, 0.4) is 0 Å². The van der Waals surface area contributed by atoms with Crippen LogP contribution in [0, 0.1) is 26.7 Å². The summed E-state index contributed by atoms with van der Waals surface area (Å²) < 4.78 is 1.31. The van der Waals surface area contributed by atoms with E-state index in [-0.39, 0.29) is 29.3 Å². The molecule has 2 atom stereocenters. The van der Waals surface area contributed by atoms with E-state index in [4.69, 9.17) is 0 Å². The van der Waals surface area contributed by atoms with Gasteiger partial charge in [-0.2, -0.15) is 5.10 Å². The summed E-state index contributed by atoms with van der Waals surface area (Å²) in [4.78, 5) is 45.7. The minimum absolute atomic E-state index is 0.0243. The number of nitrogens with zero attached hydrogens (tertiary/aromatic N) is 4. The first-order valence-corrected chi connectivity index (χ1v) is 12.1. The van der Waals surface area contributed by atoms with Crippen LogP contribution in [0.4, 0.5) is 0 Å². The molecule has 0 aliphatic carbocycles. The largest absolute Gasteiger partial charge is 0.356 e. The first-order chi connectivity index (χ1) is 15.1. The number of hydrogen-bond donors (Lipinski definition) is 1. The van der Waals surface area contributed by atoms with Crippen molar-refractivity contribution in [2.24, 2.45) is 13.0 Å². The van der Waals surface area contributed by atoms with Gasteiger partial charge in [-0.05, 0) is 52.5 Å². The lowest BCUT2D eigenvalue weighted by atomic mass is 9.92. The van der Waals surface area contributed by atoms with Gasteiger partial charge in [0.1, 0.15) is 9.88 Å². The van der Waals surface area contributed by atoms with Gasteiger partial charge in [-0.25, -0.2) is 9.67 Å². The number of hydrogen-bond acceptors (Lipinski definition) is 6. The molecule has 9 heteroatoms. The zero-order valence-electron chi connectivity index (χ0n) is 19.8. The van der Waals surface area contributed by atoms with Crippen LogP contribution in [-0.4, -0.2) is 50.6 Å². The minimum Gasteiger partial charge on any atom is -0.356 e. The molecule has 1 aliphatic heterocycles. The van der Waals surface area contributed by atoms with Gasteiger partial charge in [0.2, 0.25) is 5.91 Å². The fraction of sp³-hybridized carbons (Fsp3) is 0.609. The third kappa shape index (κ3) is 4.77. The highest BCUT2D eigenvalue weighted by molar-refractivity contribution is 7.17. The summed E-state index contributed by atoms with van der Waals surface area (Å²) in [5.41, 5.74) is 2.40. The maximum absolute atomic E-state index is 13.5. The minimum atomic E-state index is -0.226. The fourth-order valence-electron chi connectivity index (χ4n) is 4.07. The highest BCUT2D eigenvalue weighted by Crippen LogP contribution is 2.31. The first kappa shape index (κ1) is 24.1. The molecule has 0 bridgehead atoms. The monoisotopic (exact) mass is 459 g/mol. The second-order valence-electron chi connectivity index (χ2n) is 8.67. The van der Waals surface area contributed by atoms with Gasteiger partial charge < -0.3 is 10.2 Å². The van der Waals surface area contributed by atoms with Crippen LogP contribution in [0.5, 0.6) is 0 Å². The Bertz CT molecular complexity index is 1070. The Morgan fingerprint density at radius 1 is 1.19 bits per heavy atom. The topological polar surface area (TPSA) is 97.2 Å². The smallest absolute Gasteiger partial charge is 0.277 e. The number of aromatic nitrogens is 3. The lowest BCUT2D eigenvalue weighted by Gasteiger charge is -2.37. The molecule has 2 amide bonds. The summed E-state index contributed by atoms with van der Waals surface area (Å²) in [6.45, 7) is 10.7. The Labute approximate surface area is 193 Å². The van der Waals surface area contributed by atoms with Crippen molar-refractivity contribution in [2.75, 3.05) is 13.1 Å². The van der Waals surface area contributed by atoms with E-state index in [0.29, 0.717) is 34.2 Å².